The Hall–Kier alpha value is -0.920. The average molecular weight is 331 g/mol. The van der Waals surface area contributed by atoms with E-state index in [4.69, 9.17) is 5.84 Å². The summed E-state index contributed by atoms with van der Waals surface area (Å²) < 4.78 is 0.839. The fourth-order valence-electron chi connectivity index (χ4n) is 1.51. The highest BCUT2D eigenvalue weighted by Gasteiger charge is 2.04. The predicted molar refractivity (Wildman–Crippen MR) is 83.0 cm³/mol. The number of unbranched alkanes of at least 4 members (excludes halogenated alkanes) is 1. The minimum absolute atomic E-state index is 0.408. The van der Waals surface area contributed by atoms with Crippen molar-refractivity contribution in [3.05, 3.63) is 10.7 Å². The Labute approximate surface area is 123 Å². The number of nitrogens with one attached hydrogen (secondary N) is 2. The van der Waals surface area contributed by atoms with Crippen LogP contribution < -0.4 is 16.6 Å². The molecule has 0 aliphatic rings. The lowest BCUT2D eigenvalue weighted by molar-refractivity contribution is 0.269. The van der Waals surface area contributed by atoms with Gasteiger partial charge in [-0.15, -0.1) is 0 Å². The number of nitrogens with two attached hydrogens (primary N) is 1. The number of hydrogen-bond acceptors (Lipinski definition) is 6. The molecule has 1 rings (SSSR count). The van der Waals surface area contributed by atoms with Gasteiger partial charge in [0, 0.05) is 18.8 Å². The molecule has 0 aromatic carbocycles. The van der Waals surface area contributed by atoms with Crippen molar-refractivity contribution in [1.29, 1.82) is 0 Å². The van der Waals surface area contributed by atoms with Crippen LogP contribution in [0.2, 0.25) is 0 Å². The highest BCUT2D eigenvalue weighted by molar-refractivity contribution is 9.10. The largest absolute Gasteiger partial charge is 0.369 e. The molecule has 108 valence electrons. The first-order valence-electron chi connectivity index (χ1n) is 6.48. The molecule has 1 heterocycles. The number of hydrazine groups is 1. The van der Waals surface area contributed by atoms with E-state index in [1.807, 2.05) is 0 Å². The Kier molecular flexibility index (Phi) is 7.04. The second kappa shape index (κ2) is 8.29. The van der Waals surface area contributed by atoms with E-state index >= 15 is 0 Å². The van der Waals surface area contributed by atoms with E-state index in [9.17, 15) is 0 Å². The van der Waals surface area contributed by atoms with Gasteiger partial charge in [0.05, 0.1) is 4.47 Å². The van der Waals surface area contributed by atoms with Gasteiger partial charge in [-0.25, -0.2) is 10.8 Å². The molecule has 0 spiro atoms. The Morgan fingerprint density at radius 2 is 2.16 bits per heavy atom. The van der Waals surface area contributed by atoms with Crippen molar-refractivity contribution in [3.63, 3.8) is 0 Å². The number of nitrogens with zero attached hydrogens (tertiary/aromatic N) is 3. The van der Waals surface area contributed by atoms with E-state index in [1.165, 1.54) is 0 Å². The molecule has 4 N–H and O–H groups in total. The van der Waals surface area contributed by atoms with Gasteiger partial charge in [0.1, 0.15) is 5.82 Å². The molecule has 7 heteroatoms. The van der Waals surface area contributed by atoms with Crippen LogP contribution in [0, 0.1) is 0 Å². The van der Waals surface area contributed by atoms with Crippen molar-refractivity contribution in [2.24, 2.45) is 5.84 Å². The van der Waals surface area contributed by atoms with Gasteiger partial charge in [-0.05, 0) is 56.2 Å². The van der Waals surface area contributed by atoms with Gasteiger partial charge in [0.2, 0.25) is 5.95 Å². The third-order valence-electron chi connectivity index (χ3n) is 2.98. The fraction of sp³-hybridized carbons (Fsp3) is 0.667. The number of aromatic nitrogens is 2. The van der Waals surface area contributed by atoms with Gasteiger partial charge in [-0.1, -0.05) is 0 Å². The molecule has 0 aliphatic carbocycles. The third-order valence-corrected chi connectivity index (χ3v) is 3.57. The molecule has 0 aliphatic heterocycles. The van der Waals surface area contributed by atoms with Gasteiger partial charge in [-0.2, -0.15) is 4.98 Å². The number of nitrogen functional groups attached to an aromatic ring is 1. The summed E-state index contributed by atoms with van der Waals surface area (Å²) >= 11 is 3.41. The molecule has 0 amide bonds. The van der Waals surface area contributed by atoms with Crippen LogP contribution in [0.1, 0.15) is 26.7 Å². The minimum Gasteiger partial charge on any atom is -0.369 e. The summed E-state index contributed by atoms with van der Waals surface area (Å²) in [5.74, 6) is 6.45. The molecule has 0 atom stereocenters. The van der Waals surface area contributed by atoms with Gasteiger partial charge < -0.3 is 10.2 Å². The lowest BCUT2D eigenvalue weighted by atomic mass is 10.2. The van der Waals surface area contributed by atoms with Crippen LogP contribution in [-0.2, 0) is 0 Å². The summed E-state index contributed by atoms with van der Waals surface area (Å²) in [6.45, 7) is 6.40. The lowest BCUT2D eigenvalue weighted by Crippen LogP contribution is -2.27. The molecule has 19 heavy (non-hydrogen) atoms. The van der Waals surface area contributed by atoms with Crippen LogP contribution in [-0.4, -0.2) is 41.0 Å². The van der Waals surface area contributed by atoms with E-state index in [2.05, 4.69) is 62.4 Å². The molecule has 1 aromatic rings. The molecule has 1 aromatic heterocycles. The molecular weight excluding hydrogens is 308 g/mol. The van der Waals surface area contributed by atoms with Crippen LogP contribution in [0.15, 0.2) is 10.7 Å². The van der Waals surface area contributed by atoms with E-state index in [1.54, 1.807) is 6.20 Å². The van der Waals surface area contributed by atoms with Gasteiger partial charge in [0.15, 0.2) is 0 Å². The van der Waals surface area contributed by atoms with E-state index in [0.29, 0.717) is 12.0 Å². The molecule has 6 nitrogen and oxygen atoms in total. The van der Waals surface area contributed by atoms with Crippen molar-refractivity contribution in [2.75, 3.05) is 30.9 Å². The maximum absolute atomic E-state index is 5.28. The van der Waals surface area contributed by atoms with Crippen LogP contribution in [0.5, 0.6) is 0 Å². The number of halogens is 1. The normalized spacial score (nSPS) is 11.1. The summed E-state index contributed by atoms with van der Waals surface area (Å²) in [7, 11) is 2.15. The Balaban J connectivity index is 2.29. The summed E-state index contributed by atoms with van der Waals surface area (Å²) in [5.41, 5.74) is 2.43. The van der Waals surface area contributed by atoms with Crippen molar-refractivity contribution in [2.45, 2.75) is 32.7 Å². The lowest BCUT2D eigenvalue weighted by Gasteiger charge is -2.20. The van der Waals surface area contributed by atoms with Gasteiger partial charge in [-0.3, -0.25) is 5.43 Å². The summed E-state index contributed by atoms with van der Waals surface area (Å²) in [6, 6.07) is 0.599. The first-order valence-corrected chi connectivity index (χ1v) is 7.27. The van der Waals surface area contributed by atoms with Crippen LogP contribution in [0.25, 0.3) is 0 Å². The zero-order valence-corrected chi connectivity index (χ0v) is 13.4. The topological polar surface area (TPSA) is 79.1 Å². The van der Waals surface area contributed by atoms with Gasteiger partial charge in [0.25, 0.3) is 0 Å². The van der Waals surface area contributed by atoms with Gasteiger partial charge >= 0.3 is 0 Å². The number of rotatable bonds is 8. The first-order chi connectivity index (χ1) is 9.04. The van der Waals surface area contributed by atoms with Crippen molar-refractivity contribution in [1.82, 2.24) is 14.9 Å². The molecule has 0 bridgehead atoms. The second-order valence-corrected chi connectivity index (χ2v) is 5.60. The smallest absolute Gasteiger partial charge is 0.239 e. The first kappa shape index (κ1) is 16.1. The molecule has 0 radical (unpaired) electrons. The van der Waals surface area contributed by atoms with Crippen LogP contribution in [0.4, 0.5) is 11.8 Å². The maximum atomic E-state index is 5.28. The Morgan fingerprint density at radius 3 is 2.79 bits per heavy atom. The zero-order chi connectivity index (χ0) is 14.3. The Bertz CT molecular complexity index is 384. The van der Waals surface area contributed by atoms with E-state index < -0.39 is 0 Å². The predicted octanol–water partition coefficient (Wildman–Crippen LogP) is 2.06. The quantitative estimate of drug-likeness (QED) is 0.384. The summed E-state index contributed by atoms with van der Waals surface area (Å²) in [4.78, 5) is 10.6. The highest BCUT2D eigenvalue weighted by atomic mass is 79.9. The average Bonchev–Trinajstić information content (AvgIpc) is 2.39. The highest BCUT2D eigenvalue weighted by Crippen LogP contribution is 2.19. The monoisotopic (exact) mass is 330 g/mol. The number of hydrogen-bond donors (Lipinski definition) is 3. The Morgan fingerprint density at radius 1 is 1.42 bits per heavy atom. The second-order valence-electron chi connectivity index (χ2n) is 4.74. The van der Waals surface area contributed by atoms with Crippen LogP contribution in [0.3, 0.4) is 0 Å². The van der Waals surface area contributed by atoms with E-state index in [0.717, 1.165) is 36.2 Å². The summed E-state index contributed by atoms with van der Waals surface area (Å²) in [6.07, 6.45) is 3.93. The number of anilines is 2. The van der Waals surface area contributed by atoms with E-state index in [-0.39, 0.29) is 0 Å². The molecule has 0 unspecified atom stereocenters. The maximum Gasteiger partial charge on any atom is 0.239 e. The third kappa shape index (κ3) is 5.71. The minimum atomic E-state index is 0.408. The fourth-order valence-corrected chi connectivity index (χ4v) is 1.84. The van der Waals surface area contributed by atoms with Crippen molar-refractivity contribution >= 4 is 27.7 Å². The molecular formula is C12H23BrN6. The van der Waals surface area contributed by atoms with Crippen molar-refractivity contribution in [3.8, 4) is 0 Å². The molecule has 0 saturated carbocycles. The zero-order valence-electron chi connectivity index (χ0n) is 11.8. The van der Waals surface area contributed by atoms with Crippen molar-refractivity contribution < 1.29 is 0 Å². The summed E-state index contributed by atoms with van der Waals surface area (Å²) in [5, 5.41) is 3.28. The molecule has 0 fully saturated rings. The van der Waals surface area contributed by atoms with Crippen LogP contribution >= 0.6 is 15.9 Å². The SMILES string of the molecule is CC(C)N(C)CCCCNc1nc(NN)ncc1Br. The standard InChI is InChI=1S/C12H23BrN6/c1-9(2)19(3)7-5-4-6-15-11-10(13)8-16-12(17-11)18-14/h8-9H,4-7,14H2,1-3H3,(H2,15,16,17,18). The molecule has 0 saturated heterocycles.